The van der Waals surface area contributed by atoms with Crippen molar-refractivity contribution < 1.29 is 4.74 Å². The molecule has 1 nitrogen and oxygen atoms in total. The Morgan fingerprint density at radius 2 is 1.95 bits per heavy atom. The Hall–Kier alpha value is -1.76. The number of aryl methyl sites for hydroxylation is 2. The van der Waals surface area contributed by atoms with Gasteiger partial charge in [-0.1, -0.05) is 62.4 Å². The van der Waals surface area contributed by atoms with Gasteiger partial charge in [-0.3, -0.25) is 0 Å². The lowest BCUT2D eigenvalue weighted by Crippen LogP contribution is -2.27. The van der Waals surface area contributed by atoms with Crippen molar-refractivity contribution in [1.82, 2.24) is 0 Å². The maximum Gasteiger partial charge on any atom is 0.126 e. The average molecular weight is 296 g/mol. The lowest BCUT2D eigenvalue weighted by molar-refractivity contribution is 0.342. The molecule has 0 spiro atoms. The molecule has 1 aromatic carbocycles. The summed E-state index contributed by atoms with van der Waals surface area (Å²) in [5.41, 5.74) is 5.32. The molecule has 0 heterocycles. The molecule has 2 rings (SSSR count). The molecule has 0 atom stereocenters. The fraction of sp³-hybridized carbons (Fsp3) is 0.429. The Morgan fingerprint density at radius 3 is 2.50 bits per heavy atom. The van der Waals surface area contributed by atoms with Crippen molar-refractivity contribution in [2.75, 3.05) is 6.61 Å². The van der Waals surface area contributed by atoms with Crippen molar-refractivity contribution in [3.63, 3.8) is 0 Å². The Bertz CT molecular complexity index is 601. The number of hydrogen-bond acceptors (Lipinski definition) is 1. The van der Waals surface area contributed by atoms with Crippen molar-refractivity contribution in [2.24, 2.45) is 0 Å². The van der Waals surface area contributed by atoms with E-state index in [0.717, 1.165) is 25.0 Å². The topological polar surface area (TPSA) is 9.23 Å². The van der Waals surface area contributed by atoms with Crippen molar-refractivity contribution in [3.8, 4) is 5.75 Å². The second-order valence-corrected chi connectivity index (χ2v) is 6.14. The largest absolute Gasteiger partial charge is 0.489 e. The molecule has 0 N–H and O–H groups in total. The van der Waals surface area contributed by atoms with Crippen LogP contribution in [0.25, 0.3) is 0 Å². The molecular formula is C21H28O. The van der Waals surface area contributed by atoms with E-state index in [1.807, 2.05) is 6.08 Å². The van der Waals surface area contributed by atoms with Gasteiger partial charge in [-0.2, -0.15) is 0 Å². The predicted molar refractivity (Wildman–Crippen MR) is 95.7 cm³/mol. The number of ether oxygens (including phenoxy) is 1. The summed E-state index contributed by atoms with van der Waals surface area (Å²) >= 11 is 0. The van der Waals surface area contributed by atoms with E-state index in [1.165, 1.54) is 22.3 Å². The van der Waals surface area contributed by atoms with Crippen LogP contribution in [0.2, 0.25) is 0 Å². The fourth-order valence-corrected chi connectivity index (χ4v) is 3.65. The van der Waals surface area contributed by atoms with Crippen LogP contribution in [0.5, 0.6) is 5.75 Å². The molecule has 118 valence electrons. The molecule has 0 amide bonds. The number of hydrogen-bond donors (Lipinski definition) is 0. The molecule has 1 heteroatoms. The summed E-state index contributed by atoms with van der Waals surface area (Å²) in [4.78, 5) is 0. The first-order valence-electron chi connectivity index (χ1n) is 8.31. The molecule has 0 aliphatic heterocycles. The smallest absolute Gasteiger partial charge is 0.126 e. The van der Waals surface area contributed by atoms with Crippen LogP contribution >= 0.6 is 0 Å². The van der Waals surface area contributed by atoms with Gasteiger partial charge in [-0.15, -0.1) is 0 Å². The molecule has 0 aromatic heterocycles. The van der Waals surface area contributed by atoms with E-state index in [9.17, 15) is 0 Å². The van der Waals surface area contributed by atoms with Gasteiger partial charge in [0.2, 0.25) is 0 Å². The normalized spacial score (nSPS) is 14.1. The highest BCUT2D eigenvalue weighted by atomic mass is 16.5. The molecule has 22 heavy (non-hydrogen) atoms. The lowest BCUT2D eigenvalue weighted by atomic mass is 9.69. The zero-order chi connectivity index (χ0) is 16.2. The monoisotopic (exact) mass is 296 g/mol. The summed E-state index contributed by atoms with van der Waals surface area (Å²) in [6, 6.07) is 4.52. The number of allylic oxidation sites excluding steroid dienone is 4. The van der Waals surface area contributed by atoms with Gasteiger partial charge in [0.05, 0.1) is 0 Å². The zero-order valence-corrected chi connectivity index (χ0v) is 14.4. The Balaban J connectivity index is 2.64. The summed E-state index contributed by atoms with van der Waals surface area (Å²) < 4.78 is 6.07. The van der Waals surface area contributed by atoms with Crippen molar-refractivity contribution in [1.29, 1.82) is 0 Å². The maximum absolute atomic E-state index is 6.07. The van der Waals surface area contributed by atoms with Gasteiger partial charge < -0.3 is 4.74 Å². The van der Waals surface area contributed by atoms with Crippen LogP contribution < -0.4 is 4.74 Å². The van der Waals surface area contributed by atoms with E-state index in [2.05, 4.69) is 64.6 Å². The minimum atomic E-state index is 0.0419. The lowest BCUT2D eigenvalue weighted by Gasteiger charge is -2.35. The van der Waals surface area contributed by atoms with E-state index >= 15 is 0 Å². The van der Waals surface area contributed by atoms with Gasteiger partial charge in [0, 0.05) is 11.0 Å². The van der Waals surface area contributed by atoms with Gasteiger partial charge in [0.1, 0.15) is 12.4 Å². The molecule has 0 unspecified atom stereocenters. The van der Waals surface area contributed by atoms with Crippen LogP contribution in [0.1, 0.15) is 49.8 Å². The molecule has 0 saturated heterocycles. The van der Waals surface area contributed by atoms with Crippen molar-refractivity contribution in [2.45, 2.75) is 52.4 Å². The van der Waals surface area contributed by atoms with E-state index in [1.54, 1.807) is 0 Å². The first-order valence-corrected chi connectivity index (χ1v) is 8.31. The van der Waals surface area contributed by atoms with Crippen LogP contribution in [0, 0.1) is 13.8 Å². The van der Waals surface area contributed by atoms with Gasteiger partial charge in [-0.25, -0.2) is 0 Å². The average Bonchev–Trinajstić information content (AvgIpc) is 3.03. The molecule has 0 radical (unpaired) electrons. The second kappa shape index (κ2) is 7.00. The fourth-order valence-electron chi connectivity index (χ4n) is 3.65. The third kappa shape index (κ3) is 2.90. The second-order valence-electron chi connectivity index (χ2n) is 6.14. The Kier molecular flexibility index (Phi) is 5.28. The molecule has 1 aromatic rings. The third-order valence-electron chi connectivity index (χ3n) is 4.81. The standard InChI is InChI=1S/C21H28O/c1-6-13-22-20-17(5)14-16(4)15-19(20)21(7-2,8-3)18-11-9-10-12-18/h6,9,11-12,14-15H,1,7-8,10,13H2,2-5H3. The summed E-state index contributed by atoms with van der Waals surface area (Å²) in [6.45, 7) is 13.2. The van der Waals surface area contributed by atoms with E-state index in [0.29, 0.717) is 6.61 Å². The molecular weight excluding hydrogens is 268 g/mol. The summed E-state index contributed by atoms with van der Waals surface area (Å²) in [7, 11) is 0. The summed E-state index contributed by atoms with van der Waals surface area (Å²) in [5.74, 6) is 1.04. The van der Waals surface area contributed by atoms with Gasteiger partial charge in [0.15, 0.2) is 0 Å². The molecule has 1 aliphatic carbocycles. The Labute approximate surface area is 135 Å². The molecule has 0 saturated carbocycles. The molecule has 1 aliphatic rings. The first-order chi connectivity index (χ1) is 10.6. The van der Waals surface area contributed by atoms with Crippen LogP contribution in [-0.4, -0.2) is 6.61 Å². The number of rotatable bonds is 7. The van der Waals surface area contributed by atoms with Crippen LogP contribution in [0.4, 0.5) is 0 Å². The van der Waals surface area contributed by atoms with Gasteiger partial charge in [-0.05, 0) is 44.2 Å². The highest BCUT2D eigenvalue weighted by Gasteiger charge is 2.35. The molecule has 0 bridgehead atoms. The third-order valence-corrected chi connectivity index (χ3v) is 4.81. The number of benzene rings is 1. The minimum Gasteiger partial charge on any atom is -0.489 e. The van der Waals surface area contributed by atoms with Gasteiger partial charge in [0.25, 0.3) is 0 Å². The quantitative estimate of drug-likeness (QED) is 0.577. The van der Waals surface area contributed by atoms with Crippen molar-refractivity contribution in [3.05, 3.63) is 65.3 Å². The summed E-state index contributed by atoms with van der Waals surface area (Å²) in [6.07, 6.45) is 11.9. The minimum absolute atomic E-state index is 0.0419. The van der Waals surface area contributed by atoms with Gasteiger partial charge >= 0.3 is 0 Å². The maximum atomic E-state index is 6.07. The van der Waals surface area contributed by atoms with E-state index in [-0.39, 0.29) is 5.41 Å². The van der Waals surface area contributed by atoms with Crippen LogP contribution in [-0.2, 0) is 5.41 Å². The SMILES string of the molecule is C=CCOc1c(C)cc(C)cc1C(CC)(CC)C1=CCC=C1. The first kappa shape index (κ1) is 16.6. The summed E-state index contributed by atoms with van der Waals surface area (Å²) in [5, 5.41) is 0. The predicted octanol–water partition coefficient (Wildman–Crippen LogP) is 5.81. The highest BCUT2D eigenvalue weighted by molar-refractivity contribution is 5.54. The Morgan fingerprint density at radius 1 is 1.23 bits per heavy atom. The van der Waals surface area contributed by atoms with E-state index in [4.69, 9.17) is 4.74 Å². The molecule has 0 fully saturated rings. The van der Waals surface area contributed by atoms with Crippen LogP contribution in [0.3, 0.4) is 0 Å². The zero-order valence-electron chi connectivity index (χ0n) is 14.4. The van der Waals surface area contributed by atoms with Crippen molar-refractivity contribution >= 4 is 0 Å². The van der Waals surface area contributed by atoms with E-state index < -0.39 is 0 Å². The van der Waals surface area contributed by atoms with Crippen LogP contribution in [0.15, 0.2) is 48.6 Å². The highest BCUT2D eigenvalue weighted by Crippen LogP contribution is 2.46.